The highest BCUT2D eigenvalue weighted by Crippen LogP contribution is 2.35. The van der Waals surface area contributed by atoms with Crippen molar-refractivity contribution < 1.29 is 19.1 Å². The molecule has 202 valence electrons. The van der Waals surface area contributed by atoms with E-state index in [-0.39, 0.29) is 24.6 Å². The van der Waals surface area contributed by atoms with Crippen LogP contribution in [0.3, 0.4) is 0 Å². The lowest BCUT2D eigenvalue weighted by Crippen LogP contribution is -2.56. The molecule has 3 amide bonds. The number of rotatable bonds is 7. The Hall–Kier alpha value is -3.07. The fourth-order valence-electron chi connectivity index (χ4n) is 5.08. The lowest BCUT2D eigenvalue weighted by atomic mass is 9.94. The van der Waals surface area contributed by atoms with E-state index in [9.17, 15) is 14.4 Å². The molecule has 1 saturated heterocycles. The normalized spacial score (nSPS) is 20.4. The molecule has 0 unspecified atom stereocenters. The Labute approximate surface area is 233 Å². The van der Waals surface area contributed by atoms with Crippen LogP contribution in [-0.4, -0.2) is 78.0 Å². The zero-order valence-electron chi connectivity index (χ0n) is 21.7. The molecule has 2 aliphatic heterocycles. The Kier molecular flexibility index (Phi) is 8.97. The van der Waals surface area contributed by atoms with Gasteiger partial charge in [0.2, 0.25) is 0 Å². The monoisotopic (exact) mass is 558 g/mol. The van der Waals surface area contributed by atoms with Gasteiger partial charge in [-0.25, -0.2) is 9.59 Å². The van der Waals surface area contributed by atoms with Crippen molar-refractivity contribution in [1.82, 2.24) is 20.0 Å². The van der Waals surface area contributed by atoms with Gasteiger partial charge in [-0.3, -0.25) is 14.6 Å². The van der Waals surface area contributed by atoms with Crippen molar-refractivity contribution in [3.63, 3.8) is 0 Å². The van der Waals surface area contributed by atoms with Gasteiger partial charge in [-0.05, 0) is 44.5 Å². The molecule has 2 heterocycles. The number of nitrogens with one attached hydrogen (secondary N) is 1. The van der Waals surface area contributed by atoms with Gasteiger partial charge in [0.15, 0.2) is 0 Å². The number of urea groups is 1. The van der Waals surface area contributed by atoms with E-state index in [4.69, 9.17) is 27.9 Å². The number of benzene rings is 2. The Morgan fingerprint density at radius 1 is 1.03 bits per heavy atom. The second kappa shape index (κ2) is 12.2. The maximum absolute atomic E-state index is 13.3. The molecule has 2 aliphatic rings. The minimum absolute atomic E-state index is 0.106. The van der Waals surface area contributed by atoms with Crippen molar-refractivity contribution in [3.05, 3.63) is 81.0 Å². The summed E-state index contributed by atoms with van der Waals surface area (Å²) in [5, 5.41) is 3.82. The van der Waals surface area contributed by atoms with Crippen LogP contribution in [0.15, 0.2) is 59.8 Å². The molecule has 0 bridgehead atoms. The topological polar surface area (TPSA) is 82.2 Å². The number of carbonyl (C=O) groups is 3. The first-order chi connectivity index (χ1) is 18.3. The smallest absolute Gasteiger partial charge is 0.338 e. The predicted octanol–water partition coefficient (Wildman–Crippen LogP) is 4.74. The number of esters is 1. The second-order valence-corrected chi connectivity index (χ2v) is 10.1. The Morgan fingerprint density at radius 2 is 1.71 bits per heavy atom. The summed E-state index contributed by atoms with van der Waals surface area (Å²) in [6, 6.07) is 13.0. The standard InChI is InChI=1S/C28H32Cl2N4O4/c1-4-33-23(17-32-14-15-34(18(3)16-32)26(35)20-11-7-9-13-22(20)30)24(27(36)38-5-2)25(31-28(33)37)19-10-6-8-12-21(19)29/h6-13,18,25H,4-5,14-17H2,1-3H3,(H,31,37)/t18-,25-/m0/s1. The first-order valence-corrected chi connectivity index (χ1v) is 13.5. The lowest BCUT2D eigenvalue weighted by molar-refractivity contribution is -0.139. The maximum Gasteiger partial charge on any atom is 0.338 e. The summed E-state index contributed by atoms with van der Waals surface area (Å²) >= 11 is 12.8. The summed E-state index contributed by atoms with van der Waals surface area (Å²) in [6.07, 6.45) is 0. The molecular formula is C28H32Cl2N4O4. The Bertz CT molecular complexity index is 1250. The molecule has 0 saturated carbocycles. The number of piperazine rings is 1. The number of ether oxygens (including phenoxy) is 1. The van der Waals surface area contributed by atoms with Crippen LogP contribution in [0.2, 0.25) is 10.0 Å². The van der Waals surface area contributed by atoms with Crippen LogP contribution in [-0.2, 0) is 9.53 Å². The third kappa shape index (κ3) is 5.67. The van der Waals surface area contributed by atoms with E-state index < -0.39 is 12.0 Å². The van der Waals surface area contributed by atoms with E-state index in [2.05, 4.69) is 10.2 Å². The van der Waals surface area contributed by atoms with Crippen LogP contribution < -0.4 is 5.32 Å². The van der Waals surface area contributed by atoms with E-state index in [0.717, 1.165) is 0 Å². The zero-order chi connectivity index (χ0) is 27.4. The van der Waals surface area contributed by atoms with Gasteiger partial charge < -0.3 is 15.0 Å². The number of hydrogen-bond acceptors (Lipinski definition) is 5. The minimum Gasteiger partial charge on any atom is -0.463 e. The molecule has 0 spiro atoms. The molecule has 0 radical (unpaired) electrons. The van der Waals surface area contributed by atoms with Gasteiger partial charge >= 0.3 is 12.0 Å². The summed E-state index contributed by atoms with van der Waals surface area (Å²) in [5.74, 6) is -0.605. The van der Waals surface area contributed by atoms with Gasteiger partial charge in [0.1, 0.15) is 0 Å². The molecule has 8 nitrogen and oxygen atoms in total. The first-order valence-electron chi connectivity index (χ1n) is 12.8. The van der Waals surface area contributed by atoms with Crippen molar-refractivity contribution >= 4 is 41.1 Å². The van der Waals surface area contributed by atoms with Crippen LogP contribution in [0.4, 0.5) is 4.79 Å². The highest BCUT2D eigenvalue weighted by molar-refractivity contribution is 6.33. The number of carbonyl (C=O) groups excluding carboxylic acids is 3. The molecule has 38 heavy (non-hydrogen) atoms. The molecule has 2 aromatic carbocycles. The third-order valence-electron chi connectivity index (χ3n) is 6.92. The summed E-state index contributed by atoms with van der Waals surface area (Å²) in [7, 11) is 0. The van der Waals surface area contributed by atoms with Gasteiger partial charge in [-0.2, -0.15) is 0 Å². The quantitative estimate of drug-likeness (QED) is 0.496. The van der Waals surface area contributed by atoms with Gasteiger partial charge in [-0.1, -0.05) is 53.5 Å². The van der Waals surface area contributed by atoms with Crippen LogP contribution >= 0.6 is 23.2 Å². The van der Waals surface area contributed by atoms with Crippen LogP contribution in [0.5, 0.6) is 0 Å². The van der Waals surface area contributed by atoms with Gasteiger partial charge in [0.05, 0.1) is 28.8 Å². The third-order valence-corrected chi connectivity index (χ3v) is 7.59. The van der Waals surface area contributed by atoms with Gasteiger partial charge in [0, 0.05) is 49.5 Å². The second-order valence-electron chi connectivity index (χ2n) is 9.29. The SMILES string of the molecule is CCOC(=O)C1=C(CN2CCN(C(=O)c3ccccc3Cl)[C@@H](C)C2)N(CC)C(=O)N[C@H]1c1ccccc1Cl. The summed E-state index contributed by atoms with van der Waals surface area (Å²) in [5.41, 5.74) is 2.05. The fraction of sp³-hybridized carbons (Fsp3) is 0.393. The van der Waals surface area contributed by atoms with Gasteiger partial charge in [-0.15, -0.1) is 0 Å². The molecule has 0 aliphatic carbocycles. The predicted molar refractivity (Wildman–Crippen MR) is 147 cm³/mol. The molecule has 2 aromatic rings. The maximum atomic E-state index is 13.3. The van der Waals surface area contributed by atoms with E-state index in [1.54, 1.807) is 54.3 Å². The average Bonchev–Trinajstić information content (AvgIpc) is 2.89. The van der Waals surface area contributed by atoms with Crippen molar-refractivity contribution in [1.29, 1.82) is 0 Å². The number of likely N-dealkylation sites (N-methyl/N-ethyl adjacent to an activating group) is 1. The Morgan fingerprint density at radius 3 is 2.34 bits per heavy atom. The van der Waals surface area contributed by atoms with E-state index >= 15 is 0 Å². The van der Waals surface area contributed by atoms with Crippen molar-refractivity contribution in [2.75, 3.05) is 39.3 Å². The van der Waals surface area contributed by atoms with Crippen molar-refractivity contribution in [2.24, 2.45) is 0 Å². The number of amides is 3. The van der Waals surface area contributed by atoms with Crippen LogP contribution in [0.25, 0.3) is 0 Å². The highest BCUT2D eigenvalue weighted by Gasteiger charge is 2.40. The van der Waals surface area contributed by atoms with Gasteiger partial charge in [0.25, 0.3) is 5.91 Å². The van der Waals surface area contributed by atoms with Crippen molar-refractivity contribution in [2.45, 2.75) is 32.9 Å². The number of halogens is 2. The molecule has 0 aromatic heterocycles. The molecule has 4 rings (SSSR count). The average molecular weight is 559 g/mol. The van der Waals surface area contributed by atoms with E-state index in [1.165, 1.54) is 0 Å². The molecule has 2 atom stereocenters. The van der Waals surface area contributed by atoms with E-state index in [1.807, 2.05) is 24.8 Å². The molecule has 1 fully saturated rings. The highest BCUT2D eigenvalue weighted by atomic mass is 35.5. The fourth-order valence-corrected chi connectivity index (χ4v) is 5.54. The molecule has 10 heteroatoms. The number of hydrogen-bond donors (Lipinski definition) is 1. The lowest BCUT2D eigenvalue weighted by Gasteiger charge is -2.43. The molecular weight excluding hydrogens is 527 g/mol. The first kappa shape index (κ1) is 28.0. The van der Waals surface area contributed by atoms with Crippen LogP contribution in [0.1, 0.15) is 42.7 Å². The Balaban J connectivity index is 1.64. The number of nitrogens with zero attached hydrogens (tertiary/aromatic N) is 3. The largest absolute Gasteiger partial charge is 0.463 e. The van der Waals surface area contributed by atoms with E-state index in [0.29, 0.717) is 65.2 Å². The zero-order valence-corrected chi connectivity index (χ0v) is 23.3. The summed E-state index contributed by atoms with van der Waals surface area (Å²) in [6.45, 7) is 8.12. The summed E-state index contributed by atoms with van der Waals surface area (Å²) in [4.78, 5) is 45.3. The van der Waals surface area contributed by atoms with Crippen LogP contribution in [0, 0.1) is 0 Å². The summed E-state index contributed by atoms with van der Waals surface area (Å²) < 4.78 is 5.45. The molecule has 1 N–H and O–H groups in total. The van der Waals surface area contributed by atoms with Crippen molar-refractivity contribution in [3.8, 4) is 0 Å². The minimum atomic E-state index is -0.742.